The smallest absolute Gasteiger partial charge is 0.266 e. The Bertz CT molecular complexity index is 636. The molecule has 0 atom stereocenters. The van der Waals surface area contributed by atoms with Crippen LogP contribution in [-0.2, 0) is 16.7 Å². The van der Waals surface area contributed by atoms with Crippen LogP contribution in [0.2, 0.25) is 0 Å². The first-order valence-corrected chi connectivity index (χ1v) is 10.5. The number of nitrogens with zero attached hydrogens (tertiary/aromatic N) is 4. The average Bonchev–Trinajstić information content (AvgIpc) is 2.91. The van der Waals surface area contributed by atoms with E-state index in [-0.39, 0.29) is 11.0 Å². The summed E-state index contributed by atoms with van der Waals surface area (Å²) in [6.45, 7) is 15.7. The lowest BCUT2D eigenvalue weighted by Crippen LogP contribution is -2.41. The summed E-state index contributed by atoms with van der Waals surface area (Å²) in [5.41, 5.74) is 0.978. The van der Waals surface area contributed by atoms with Gasteiger partial charge in [0.15, 0.2) is 0 Å². The minimum absolute atomic E-state index is 0.0220. The van der Waals surface area contributed by atoms with E-state index in [1.54, 1.807) is 10.7 Å². The molecule has 0 bridgehead atoms. The predicted molar refractivity (Wildman–Crippen MR) is 108 cm³/mol. The number of likely N-dealkylation sites (tertiary alicyclic amines) is 1. The second-order valence-corrected chi connectivity index (χ2v) is 9.08. The van der Waals surface area contributed by atoms with E-state index in [0.717, 1.165) is 84.0 Å². The highest BCUT2D eigenvalue weighted by molar-refractivity contribution is 5.10. The van der Waals surface area contributed by atoms with Gasteiger partial charge in [0, 0.05) is 50.8 Å². The molecule has 6 heteroatoms. The highest BCUT2D eigenvalue weighted by Gasteiger charge is 2.22. The van der Waals surface area contributed by atoms with Gasteiger partial charge in [0.2, 0.25) is 0 Å². The van der Waals surface area contributed by atoms with Crippen LogP contribution < -0.4 is 5.56 Å². The molecule has 0 aromatic carbocycles. The normalized spacial score (nSPS) is 21.3. The van der Waals surface area contributed by atoms with Crippen molar-refractivity contribution in [3.63, 3.8) is 0 Å². The molecule has 2 fully saturated rings. The molecule has 27 heavy (non-hydrogen) atoms. The van der Waals surface area contributed by atoms with Crippen LogP contribution in [0, 0.1) is 5.92 Å². The summed E-state index contributed by atoms with van der Waals surface area (Å²) in [6.07, 6.45) is 3.45. The van der Waals surface area contributed by atoms with E-state index in [2.05, 4.69) is 35.7 Å². The van der Waals surface area contributed by atoms with Crippen molar-refractivity contribution in [2.24, 2.45) is 5.92 Å². The molecule has 0 aliphatic carbocycles. The van der Waals surface area contributed by atoms with Crippen molar-refractivity contribution < 1.29 is 4.74 Å². The maximum absolute atomic E-state index is 12.2. The number of piperidine rings is 1. The fourth-order valence-electron chi connectivity index (χ4n) is 3.92. The lowest BCUT2D eigenvalue weighted by molar-refractivity contribution is 0.129. The molecule has 2 aliphatic heterocycles. The molecule has 6 nitrogen and oxygen atoms in total. The largest absolute Gasteiger partial charge is 0.380 e. The molecule has 152 valence electrons. The van der Waals surface area contributed by atoms with Crippen molar-refractivity contribution in [3.8, 4) is 0 Å². The zero-order valence-corrected chi connectivity index (χ0v) is 17.3. The third-order valence-electron chi connectivity index (χ3n) is 5.82. The van der Waals surface area contributed by atoms with E-state index >= 15 is 0 Å². The standard InChI is InChI=1S/C21H36N4O2/c1-21(2,3)19-5-6-20(26)25(22-19)17-18-7-10-24(11-8-18)13-12-23-9-4-15-27-16-14-23/h5-6,18H,4,7-17H2,1-3H3. The molecule has 0 N–H and O–H groups in total. The number of rotatable bonds is 5. The van der Waals surface area contributed by atoms with Gasteiger partial charge in [0.05, 0.1) is 12.3 Å². The maximum Gasteiger partial charge on any atom is 0.266 e. The molecule has 0 radical (unpaired) electrons. The highest BCUT2D eigenvalue weighted by atomic mass is 16.5. The Balaban J connectivity index is 1.46. The minimum Gasteiger partial charge on any atom is -0.380 e. The van der Waals surface area contributed by atoms with Crippen LogP contribution in [0.1, 0.15) is 45.7 Å². The van der Waals surface area contributed by atoms with Crippen LogP contribution in [0.3, 0.4) is 0 Å². The zero-order chi connectivity index (χ0) is 19.3. The molecule has 3 rings (SSSR count). The molecule has 3 heterocycles. The SMILES string of the molecule is CC(C)(C)c1ccc(=O)n(CC2CCN(CCN3CCCOCC3)CC2)n1. The predicted octanol–water partition coefficient (Wildman–Crippen LogP) is 1.98. The van der Waals surface area contributed by atoms with Gasteiger partial charge in [-0.2, -0.15) is 5.10 Å². The molecule has 1 aromatic heterocycles. The zero-order valence-electron chi connectivity index (χ0n) is 17.3. The Kier molecular flexibility index (Phi) is 7.06. The van der Waals surface area contributed by atoms with Crippen LogP contribution in [-0.4, -0.2) is 72.1 Å². The van der Waals surface area contributed by atoms with Crippen LogP contribution in [0.4, 0.5) is 0 Å². The summed E-state index contributed by atoms with van der Waals surface area (Å²) in [4.78, 5) is 17.3. The van der Waals surface area contributed by atoms with Gasteiger partial charge >= 0.3 is 0 Å². The average molecular weight is 377 g/mol. The second-order valence-electron chi connectivity index (χ2n) is 9.08. The summed E-state index contributed by atoms with van der Waals surface area (Å²) in [7, 11) is 0. The third-order valence-corrected chi connectivity index (χ3v) is 5.82. The molecule has 0 amide bonds. The van der Waals surface area contributed by atoms with Gasteiger partial charge in [-0.3, -0.25) is 9.69 Å². The van der Waals surface area contributed by atoms with Crippen molar-refractivity contribution in [1.29, 1.82) is 0 Å². The van der Waals surface area contributed by atoms with Gasteiger partial charge < -0.3 is 9.64 Å². The number of ether oxygens (including phenoxy) is 1. The Morgan fingerprint density at radius 1 is 1.04 bits per heavy atom. The van der Waals surface area contributed by atoms with Gasteiger partial charge in [-0.15, -0.1) is 0 Å². The van der Waals surface area contributed by atoms with Crippen LogP contribution in [0.25, 0.3) is 0 Å². The Hall–Kier alpha value is -1.24. The first kappa shape index (κ1) is 20.5. The summed E-state index contributed by atoms with van der Waals surface area (Å²) in [6, 6.07) is 3.54. The van der Waals surface area contributed by atoms with Gasteiger partial charge in [-0.05, 0) is 44.3 Å². The van der Waals surface area contributed by atoms with Gasteiger partial charge in [0.1, 0.15) is 0 Å². The third kappa shape index (κ3) is 6.13. The molecule has 2 aliphatic rings. The van der Waals surface area contributed by atoms with E-state index in [1.165, 1.54) is 0 Å². The lowest BCUT2D eigenvalue weighted by Gasteiger charge is -2.33. The molecule has 2 saturated heterocycles. The molecule has 0 saturated carbocycles. The summed E-state index contributed by atoms with van der Waals surface area (Å²) < 4.78 is 7.23. The molecular weight excluding hydrogens is 340 g/mol. The second kappa shape index (κ2) is 9.30. The monoisotopic (exact) mass is 376 g/mol. The summed E-state index contributed by atoms with van der Waals surface area (Å²) in [5, 5.41) is 4.64. The van der Waals surface area contributed by atoms with E-state index < -0.39 is 0 Å². The van der Waals surface area contributed by atoms with Crippen molar-refractivity contribution >= 4 is 0 Å². The fraction of sp³-hybridized carbons (Fsp3) is 0.810. The van der Waals surface area contributed by atoms with Gasteiger partial charge in [-0.25, -0.2) is 4.68 Å². The minimum atomic E-state index is -0.0306. The van der Waals surface area contributed by atoms with Gasteiger partial charge in [0.25, 0.3) is 5.56 Å². The van der Waals surface area contributed by atoms with E-state index in [1.807, 2.05) is 6.07 Å². The Morgan fingerprint density at radius 3 is 2.44 bits per heavy atom. The van der Waals surface area contributed by atoms with E-state index in [0.29, 0.717) is 5.92 Å². The number of hydrogen-bond acceptors (Lipinski definition) is 5. The molecule has 1 aromatic rings. The highest BCUT2D eigenvalue weighted by Crippen LogP contribution is 2.20. The van der Waals surface area contributed by atoms with Crippen molar-refractivity contribution in [2.75, 3.05) is 52.5 Å². The summed E-state index contributed by atoms with van der Waals surface area (Å²) >= 11 is 0. The van der Waals surface area contributed by atoms with Crippen molar-refractivity contribution in [2.45, 2.75) is 52.0 Å². The van der Waals surface area contributed by atoms with Gasteiger partial charge in [-0.1, -0.05) is 20.8 Å². The van der Waals surface area contributed by atoms with Crippen LogP contribution in [0.15, 0.2) is 16.9 Å². The summed E-state index contributed by atoms with van der Waals surface area (Å²) in [5.74, 6) is 0.549. The maximum atomic E-state index is 12.2. The molecule has 0 spiro atoms. The number of hydrogen-bond donors (Lipinski definition) is 0. The van der Waals surface area contributed by atoms with Crippen LogP contribution >= 0.6 is 0 Å². The lowest BCUT2D eigenvalue weighted by atomic mass is 9.92. The van der Waals surface area contributed by atoms with Crippen LogP contribution in [0.5, 0.6) is 0 Å². The van der Waals surface area contributed by atoms with Crippen molar-refractivity contribution in [1.82, 2.24) is 19.6 Å². The molecular formula is C21H36N4O2. The topological polar surface area (TPSA) is 50.6 Å². The first-order valence-electron chi connectivity index (χ1n) is 10.5. The molecule has 0 unspecified atom stereocenters. The fourth-order valence-corrected chi connectivity index (χ4v) is 3.92. The first-order chi connectivity index (χ1) is 12.9. The van der Waals surface area contributed by atoms with E-state index in [4.69, 9.17) is 4.74 Å². The van der Waals surface area contributed by atoms with E-state index in [9.17, 15) is 4.79 Å². The van der Waals surface area contributed by atoms with Crippen molar-refractivity contribution in [3.05, 3.63) is 28.2 Å². The quantitative estimate of drug-likeness (QED) is 0.786. The Labute approximate surface area is 163 Å². The Morgan fingerprint density at radius 2 is 1.74 bits per heavy atom. The number of aromatic nitrogens is 2.